The zero-order valence-electron chi connectivity index (χ0n) is 9.04. The first-order valence-electron chi connectivity index (χ1n) is 4.64. The molecule has 0 radical (unpaired) electrons. The summed E-state index contributed by atoms with van der Waals surface area (Å²) < 4.78 is 0. The number of aliphatic carboxylic acids is 1. The van der Waals surface area contributed by atoms with Crippen LogP contribution < -0.4 is 5.73 Å². The van der Waals surface area contributed by atoms with Crippen LogP contribution in [0.1, 0.15) is 12.6 Å². The number of nitrogens with two attached hydrogens (primary N) is 1. The molecule has 0 aliphatic carbocycles. The Labute approximate surface area is 98.0 Å². The van der Waals surface area contributed by atoms with E-state index in [9.17, 15) is 0 Å². The van der Waals surface area contributed by atoms with Gasteiger partial charge in [0.1, 0.15) is 0 Å². The van der Waals surface area contributed by atoms with Gasteiger partial charge in [-0.05, 0) is 25.1 Å². The van der Waals surface area contributed by atoms with Crippen molar-refractivity contribution in [1.82, 2.24) is 4.98 Å². The molecule has 0 unspecified atom stereocenters. The van der Waals surface area contributed by atoms with Gasteiger partial charge < -0.3 is 15.8 Å². The van der Waals surface area contributed by atoms with Gasteiger partial charge in [0.15, 0.2) is 0 Å². The Kier molecular flexibility index (Phi) is 3.79. The summed E-state index contributed by atoms with van der Waals surface area (Å²) in [7, 11) is 0. The number of aromatic nitrogens is 1. The number of benzene rings is 1. The fourth-order valence-corrected chi connectivity index (χ4v) is 1.50. The van der Waals surface area contributed by atoms with E-state index >= 15 is 0 Å². The number of carbonyl (C=O) groups is 1. The number of hydrogen-bond acceptors (Lipinski definition) is 2. The molecule has 0 fully saturated rings. The average Bonchev–Trinajstić information content (AvgIpc) is 2.53. The van der Waals surface area contributed by atoms with E-state index in [2.05, 4.69) is 4.98 Å². The predicted molar refractivity (Wildman–Crippen MR) is 65.8 cm³/mol. The van der Waals surface area contributed by atoms with Crippen molar-refractivity contribution in [2.24, 2.45) is 0 Å². The highest BCUT2D eigenvalue weighted by Crippen LogP contribution is 2.28. The molecular weight excluding hydrogens is 228 g/mol. The lowest BCUT2D eigenvalue weighted by Gasteiger charge is -1.97. The molecule has 0 aliphatic rings. The van der Waals surface area contributed by atoms with Crippen molar-refractivity contribution < 1.29 is 9.90 Å². The molecule has 4 N–H and O–H groups in total. The van der Waals surface area contributed by atoms with Crippen LogP contribution in [0.4, 0.5) is 5.69 Å². The van der Waals surface area contributed by atoms with E-state index in [4.69, 9.17) is 27.2 Å². The third-order valence-corrected chi connectivity index (χ3v) is 2.26. The first-order chi connectivity index (χ1) is 7.41. The van der Waals surface area contributed by atoms with Crippen molar-refractivity contribution in [2.75, 3.05) is 5.73 Å². The Bertz CT molecular complexity index is 516. The SMILES string of the molecule is CC(=O)O.Cc1cc2c(N)c(Cl)ccc2[nH]1. The zero-order valence-corrected chi connectivity index (χ0v) is 9.80. The van der Waals surface area contributed by atoms with Crippen molar-refractivity contribution in [3.05, 3.63) is 28.9 Å². The zero-order chi connectivity index (χ0) is 12.3. The van der Waals surface area contributed by atoms with Crippen LogP contribution in [0.15, 0.2) is 18.2 Å². The van der Waals surface area contributed by atoms with E-state index < -0.39 is 5.97 Å². The largest absolute Gasteiger partial charge is 0.481 e. The minimum atomic E-state index is -0.833. The van der Waals surface area contributed by atoms with Gasteiger partial charge in [-0.25, -0.2) is 0 Å². The highest BCUT2D eigenvalue weighted by atomic mass is 35.5. The van der Waals surface area contributed by atoms with E-state index in [1.165, 1.54) is 0 Å². The molecule has 86 valence electrons. The first-order valence-corrected chi connectivity index (χ1v) is 5.02. The number of carboxylic acids is 1. The van der Waals surface area contributed by atoms with Crippen molar-refractivity contribution in [2.45, 2.75) is 13.8 Å². The molecule has 5 heteroatoms. The standard InChI is InChI=1S/C9H9ClN2.C2H4O2/c1-5-4-6-8(12-5)3-2-7(10)9(6)11;1-2(3)4/h2-4,12H,11H2,1H3;1H3,(H,3,4). The maximum atomic E-state index is 9.00. The molecule has 16 heavy (non-hydrogen) atoms. The van der Waals surface area contributed by atoms with E-state index in [0.717, 1.165) is 23.5 Å². The molecule has 0 saturated carbocycles. The summed E-state index contributed by atoms with van der Waals surface area (Å²) >= 11 is 5.86. The fraction of sp³-hybridized carbons (Fsp3) is 0.182. The van der Waals surface area contributed by atoms with Gasteiger partial charge in [0, 0.05) is 23.5 Å². The fourth-order valence-electron chi connectivity index (χ4n) is 1.34. The van der Waals surface area contributed by atoms with Crippen molar-refractivity contribution in [3.8, 4) is 0 Å². The molecule has 2 aromatic rings. The molecule has 2 rings (SSSR count). The van der Waals surface area contributed by atoms with Crippen LogP contribution in [-0.4, -0.2) is 16.1 Å². The molecule has 1 heterocycles. The third-order valence-electron chi connectivity index (χ3n) is 1.93. The van der Waals surface area contributed by atoms with Crippen LogP contribution in [0.2, 0.25) is 5.02 Å². The molecule has 1 aromatic heterocycles. The van der Waals surface area contributed by atoms with Gasteiger partial charge in [0.2, 0.25) is 0 Å². The summed E-state index contributed by atoms with van der Waals surface area (Å²) in [5.41, 5.74) is 8.56. The minimum absolute atomic E-state index is 0.613. The van der Waals surface area contributed by atoms with E-state index in [1.54, 1.807) is 6.07 Å². The lowest BCUT2D eigenvalue weighted by atomic mass is 10.2. The highest BCUT2D eigenvalue weighted by molar-refractivity contribution is 6.34. The summed E-state index contributed by atoms with van der Waals surface area (Å²) in [6.45, 7) is 3.08. The highest BCUT2D eigenvalue weighted by Gasteiger charge is 2.03. The van der Waals surface area contributed by atoms with Gasteiger partial charge in [0.05, 0.1) is 10.7 Å². The maximum Gasteiger partial charge on any atom is 0.300 e. The van der Waals surface area contributed by atoms with Crippen LogP contribution in [0, 0.1) is 6.92 Å². The van der Waals surface area contributed by atoms with Gasteiger partial charge in [-0.2, -0.15) is 0 Å². The number of H-pyrrole nitrogens is 1. The smallest absolute Gasteiger partial charge is 0.300 e. The molecule has 0 amide bonds. The number of nitrogens with one attached hydrogen (secondary N) is 1. The number of rotatable bonds is 0. The molecular formula is C11H13ClN2O2. The normalized spacial score (nSPS) is 9.69. The summed E-state index contributed by atoms with van der Waals surface area (Å²) in [5, 5.41) is 9.03. The third kappa shape index (κ3) is 2.90. The van der Waals surface area contributed by atoms with Crippen LogP contribution in [-0.2, 0) is 4.79 Å². The van der Waals surface area contributed by atoms with Crippen LogP contribution in [0.5, 0.6) is 0 Å². The van der Waals surface area contributed by atoms with Gasteiger partial charge in [0.25, 0.3) is 5.97 Å². The second-order valence-electron chi connectivity index (χ2n) is 3.39. The maximum absolute atomic E-state index is 9.00. The quantitative estimate of drug-likeness (QED) is 0.620. The minimum Gasteiger partial charge on any atom is -0.481 e. The second-order valence-corrected chi connectivity index (χ2v) is 3.80. The van der Waals surface area contributed by atoms with Crippen molar-refractivity contribution in [3.63, 3.8) is 0 Å². The van der Waals surface area contributed by atoms with Crippen LogP contribution in [0.25, 0.3) is 10.9 Å². The molecule has 0 saturated heterocycles. The first kappa shape index (κ1) is 12.4. The summed E-state index contributed by atoms with van der Waals surface area (Å²) in [6, 6.07) is 5.73. The number of halogens is 1. The molecule has 0 bridgehead atoms. The Hall–Kier alpha value is -1.68. The predicted octanol–water partition coefficient (Wildman–Crippen LogP) is 2.80. The number of nitrogen functional groups attached to an aromatic ring is 1. The number of fused-ring (bicyclic) bond motifs is 1. The number of carboxylic acid groups (broad SMARTS) is 1. The van der Waals surface area contributed by atoms with Crippen LogP contribution >= 0.6 is 11.6 Å². The number of anilines is 1. The number of aryl methyl sites for hydroxylation is 1. The monoisotopic (exact) mass is 240 g/mol. The Morgan fingerprint density at radius 1 is 1.50 bits per heavy atom. The lowest BCUT2D eigenvalue weighted by Crippen LogP contribution is -1.85. The van der Waals surface area contributed by atoms with Crippen molar-refractivity contribution in [1.29, 1.82) is 0 Å². The van der Waals surface area contributed by atoms with E-state index in [-0.39, 0.29) is 0 Å². The number of aromatic amines is 1. The van der Waals surface area contributed by atoms with Crippen molar-refractivity contribution >= 4 is 34.2 Å². The summed E-state index contributed by atoms with van der Waals surface area (Å²) in [6.07, 6.45) is 0. The molecule has 0 aliphatic heterocycles. The Morgan fingerprint density at radius 2 is 2.06 bits per heavy atom. The second kappa shape index (κ2) is 4.90. The topological polar surface area (TPSA) is 79.1 Å². The molecule has 0 atom stereocenters. The molecule has 1 aromatic carbocycles. The van der Waals surface area contributed by atoms with Gasteiger partial charge in [-0.15, -0.1) is 0 Å². The van der Waals surface area contributed by atoms with Crippen LogP contribution in [0.3, 0.4) is 0 Å². The van der Waals surface area contributed by atoms with E-state index in [0.29, 0.717) is 10.7 Å². The molecule has 0 spiro atoms. The lowest BCUT2D eigenvalue weighted by molar-refractivity contribution is -0.134. The van der Waals surface area contributed by atoms with E-state index in [1.807, 2.05) is 19.1 Å². The summed E-state index contributed by atoms with van der Waals surface area (Å²) in [5.74, 6) is -0.833. The Balaban J connectivity index is 0.000000280. The number of hydrogen-bond donors (Lipinski definition) is 3. The van der Waals surface area contributed by atoms with Gasteiger partial charge in [-0.1, -0.05) is 11.6 Å². The van der Waals surface area contributed by atoms with Gasteiger partial charge in [-0.3, -0.25) is 4.79 Å². The van der Waals surface area contributed by atoms with Gasteiger partial charge >= 0.3 is 0 Å². The summed E-state index contributed by atoms with van der Waals surface area (Å²) in [4.78, 5) is 12.2. The Morgan fingerprint density at radius 3 is 2.62 bits per heavy atom. The average molecular weight is 241 g/mol. The molecule has 4 nitrogen and oxygen atoms in total.